The minimum atomic E-state index is -0.340. The number of carbonyl (C=O) groups excluding carboxylic acids is 2. The molecular formula is C28H29FN2O4. The van der Waals surface area contributed by atoms with Crippen LogP contribution in [0, 0.1) is 35.4 Å². The van der Waals surface area contributed by atoms with Gasteiger partial charge in [0.25, 0.3) is 0 Å². The van der Waals surface area contributed by atoms with Crippen molar-refractivity contribution in [2.24, 2.45) is 29.6 Å². The fraction of sp³-hybridized carbons (Fsp3) is 0.464. The van der Waals surface area contributed by atoms with Crippen LogP contribution in [0.5, 0.6) is 0 Å². The summed E-state index contributed by atoms with van der Waals surface area (Å²) in [5.74, 6) is 0.560. The summed E-state index contributed by atoms with van der Waals surface area (Å²) >= 11 is 0. The van der Waals surface area contributed by atoms with Gasteiger partial charge in [0.15, 0.2) is 0 Å². The Morgan fingerprint density at radius 3 is 2.80 bits per heavy atom. The van der Waals surface area contributed by atoms with Crippen molar-refractivity contribution in [2.45, 2.75) is 44.2 Å². The largest absolute Gasteiger partial charge is 0.462 e. The molecule has 2 aliphatic heterocycles. The number of rotatable bonds is 3. The average molecular weight is 477 g/mol. The average Bonchev–Trinajstić information content (AvgIpc) is 3.35. The predicted octanol–water partition coefficient (Wildman–Crippen LogP) is 4.99. The van der Waals surface area contributed by atoms with E-state index in [1.54, 1.807) is 18.3 Å². The number of hydrogen-bond donors (Lipinski definition) is 1. The first-order valence-corrected chi connectivity index (χ1v) is 12.5. The maximum atomic E-state index is 14.1. The van der Waals surface area contributed by atoms with Gasteiger partial charge in [-0.2, -0.15) is 0 Å². The van der Waals surface area contributed by atoms with E-state index in [0.717, 1.165) is 36.9 Å². The third-order valence-corrected chi connectivity index (χ3v) is 8.63. The summed E-state index contributed by atoms with van der Waals surface area (Å²) in [6.45, 7) is 2.41. The van der Waals surface area contributed by atoms with E-state index in [9.17, 15) is 14.0 Å². The molecule has 6 nitrogen and oxygen atoms in total. The van der Waals surface area contributed by atoms with Crippen molar-refractivity contribution >= 4 is 18.1 Å². The highest BCUT2D eigenvalue weighted by Gasteiger charge is 2.57. The molecule has 4 fully saturated rings. The third-order valence-electron chi connectivity index (χ3n) is 8.63. The Bertz CT molecular complexity index is 1180. The monoisotopic (exact) mass is 476 g/mol. The number of fused-ring (bicyclic) bond motifs is 2. The van der Waals surface area contributed by atoms with Crippen molar-refractivity contribution in [3.63, 3.8) is 0 Å². The molecule has 3 heterocycles. The Hall–Kier alpha value is -3.22. The molecule has 182 valence electrons. The lowest BCUT2D eigenvalue weighted by molar-refractivity contribution is -0.144. The van der Waals surface area contributed by atoms with Gasteiger partial charge in [-0.25, -0.2) is 9.18 Å². The highest BCUT2D eigenvalue weighted by atomic mass is 19.1. The summed E-state index contributed by atoms with van der Waals surface area (Å²) in [5, 5.41) is 3.05. The molecule has 0 radical (unpaired) electrons. The van der Waals surface area contributed by atoms with E-state index >= 15 is 0 Å². The predicted molar refractivity (Wildman–Crippen MR) is 127 cm³/mol. The second-order valence-corrected chi connectivity index (χ2v) is 10.6. The van der Waals surface area contributed by atoms with E-state index in [-0.39, 0.29) is 47.3 Å². The normalized spacial score (nSPS) is 35.9. The zero-order valence-electron chi connectivity index (χ0n) is 19.7. The minimum Gasteiger partial charge on any atom is -0.462 e. The number of hydrogen-bond acceptors (Lipinski definition) is 5. The van der Waals surface area contributed by atoms with E-state index in [1.165, 1.54) is 6.07 Å². The molecular weight excluding hydrogens is 447 g/mol. The summed E-state index contributed by atoms with van der Waals surface area (Å²) in [5.41, 5.74) is 1.76. The molecule has 2 saturated heterocycles. The molecule has 2 aromatic rings. The number of ether oxygens (including phenoxy) is 2. The number of alkyl carbamates (subject to hydrolysis) is 1. The molecule has 1 spiro atoms. The van der Waals surface area contributed by atoms with E-state index < -0.39 is 0 Å². The third kappa shape index (κ3) is 3.91. The molecule has 7 heteroatoms. The van der Waals surface area contributed by atoms with Crippen LogP contribution < -0.4 is 5.32 Å². The maximum Gasteiger partial charge on any atom is 0.407 e. The van der Waals surface area contributed by atoms with Crippen molar-refractivity contribution in [1.82, 2.24) is 10.3 Å². The molecule has 0 unspecified atom stereocenters. The van der Waals surface area contributed by atoms with E-state index in [4.69, 9.17) is 9.47 Å². The number of allylic oxidation sites excluding steroid dienone is 1. The van der Waals surface area contributed by atoms with Gasteiger partial charge in [-0.1, -0.05) is 30.3 Å². The number of pyridine rings is 1. The zero-order valence-corrected chi connectivity index (χ0v) is 19.7. The van der Waals surface area contributed by atoms with Crippen molar-refractivity contribution < 1.29 is 23.5 Å². The van der Waals surface area contributed by atoms with Crippen LogP contribution in [-0.4, -0.2) is 35.3 Å². The first-order chi connectivity index (χ1) is 16.9. The summed E-state index contributed by atoms with van der Waals surface area (Å²) in [6, 6.07) is 10.5. The number of cyclic esters (lactones) is 2. The van der Waals surface area contributed by atoms with Crippen molar-refractivity contribution in [3.05, 3.63) is 60.2 Å². The fourth-order valence-electron chi connectivity index (χ4n) is 7.05. The Kier molecular flexibility index (Phi) is 5.38. The minimum absolute atomic E-state index is 0.0990. The number of esters is 1. The van der Waals surface area contributed by atoms with E-state index in [0.29, 0.717) is 24.0 Å². The van der Waals surface area contributed by atoms with Crippen LogP contribution in [0.2, 0.25) is 0 Å². The second-order valence-electron chi connectivity index (χ2n) is 10.6. The summed E-state index contributed by atoms with van der Waals surface area (Å²) in [6.07, 6.45) is 8.94. The SMILES string of the molecule is C[C@H]1OC(=O)[C@@H]2C[C@@H]3C[C@@]4(CC[C@H]3[C@H](/C=C/c3ccc(-c5ccccc5F)cn3)[C@H]12)COC(=O)N4. The standard InChI is InChI=1S/C28H29FN2O4/c1-16-25-22(9-8-19-7-6-17(14-30-19)21-4-2-3-5-24(21)29)20-10-11-28(15-34-27(33)31-28)13-18(20)12-23(25)26(32)35-16/h2-9,14,16,18,20,22-23,25H,10-13,15H2,1H3,(H,31,33)/b9-8+/t16-,18-,20-,22+,23-,25+,28+/m1/s1. The first-order valence-electron chi connectivity index (χ1n) is 12.5. The van der Waals surface area contributed by atoms with Crippen LogP contribution in [0.3, 0.4) is 0 Å². The number of halogens is 1. The molecule has 2 saturated carbocycles. The Balaban J connectivity index is 1.26. The molecule has 0 bridgehead atoms. The Labute approximate surface area is 203 Å². The lowest BCUT2D eigenvalue weighted by atomic mass is 9.55. The molecule has 1 N–H and O–H groups in total. The second kappa shape index (κ2) is 8.47. The van der Waals surface area contributed by atoms with Gasteiger partial charge in [0.1, 0.15) is 18.5 Å². The van der Waals surface area contributed by atoms with Crippen molar-refractivity contribution in [2.75, 3.05) is 6.61 Å². The van der Waals surface area contributed by atoms with E-state index in [2.05, 4.69) is 16.4 Å². The van der Waals surface area contributed by atoms with Gasteiger partial charge in [-0.3, -0.25) is 9.78 Å². The van der Waals surface area contributed by atoms with Crippen LogP contribution in [-0.2, 0) is 14.3 Å². The number of benzene rings is 1. The van der Waals surface area contributed by atoms with E-state index in [1.807, 2.05) is 31.2 Å². The highest BCUT2D eigenvalue weighted by molar-refractivity contribution is 5.76. The van der Waals surface area contributed by atoms with Crippen LogP contribution in [0.15, 0.2) is 48.7 Å². The van der Waals surface area contributed by atoms with Crippen LogP contribution in [0.4, 0.5) is 9.18 Å². The lowest BCUT2D eigenvalue weighted by Crippen LogP contribution is -2.53. The summed E-state index contributed by atoms with van der Waals surface area (Å²) < 4.78 is 25.1. The van der Waals surface area contributed by atoms with Gasteiger partial charge in [0.05, 0.1) is 17.2 Å². The summed E-state index contributed by atoms with van der Waals surface area (Å²) in [4.78, 5) is 29.0. The van der Waals surface area contributed by atoms with Gasteiger partial charge < -0.3 is 14.8 Å². The van der Waals surface area contributed by atoms with Crippen LogP contribution in [0.25, 0.3) is 17.2 Å². The zero-order chi connectivity index (χ0) is 24.2. The quantitative estimate of drug-likeness (QED) is 0.632. The van der Waals surface area contributed by atoms with Gasteiger partial charge in [-0.15, -0.1) is 0 Å². The number of nitrogens with one attached hydrogen (secondary N) is 1. The molecule has 1 aromatic heterocycles. The fourth-order valence-corrected chi connectivity index (χ4v) is 7.05. The van der Waals surface area contributed by atoms with Gasteiger partial charge in [0.2, 0.25) is 0 Å². The molecule has 35 heavy (non-hydrogen) atoms. The molecule has 2 aliphatic carbocycles. The number of amides is 1. The van der Waals surface area contributed by atoms with Gasteiger partial charge in [-0.05, 0) is 68.6 Å². The number of carbonyl (C=O) groups is 2. The number of nitrogens with zero attached hydrogens (tertiary/aromatic N) is 1. The smallest absolute Gasteiger partial charge is 0.407 e. The number of aromatic nitrogens is 1. The molecule has 4 aliphatic rings. The highest BCUT2D eigenvalue weighted by Crippen LogP contribution is 2.55. The van der Waals surface area contributed by atoms with Gasteiger partial charge in [0, 0.05) is 23.2 Å². The topological polar surface area (TPSA) is 77.5 Å². The Morgan fingerprint density at radius 2 is 2.06 bits per heavy atom. The van der Waals surface area contributed by atoms with Crippen molar-refractivity contribution in [3.8, 4) is 11.1 Å². The van der Waals surface area contributed by atoms with Crippen molar-refractivity contribution in [1.29, 1.82) is 0 Å². The first kappa shape index (κ1) is 22.3. The van der Waals surface area contributed by atoms with Crippen LogP contribution >= 0.6 is 0 Å². The molecule has 7 atom stereocenters. The molecule has 1 amide bonds. The van der Waals surface area contributed by atoms with Gasteiger partial charge >= 0.3 is 12.1 Å². The molecule has 6 rings (SSSR count). The molecule has 1 aromatic carbocycles. The maximum absolute atomic E-state index is 14.1. The van der Waals surface area contributed by atoms with Crippen LogP contribution in [0.1, 0.15) is 38.3 Å². The lowest BCUT2D eigenvalue weighted by Gasteiger charge is -2.49. The summed E-state index contributed by atoms with van der Waals surface area (Å²) in [7, 11) is 0. The Morgan fingerprint density at radius 1 is 1.20 bits per heavy atom.